The number of carbonyl (C=O) groups excluding carboxylic acids is 2. The van der Waals surface area contributed by atoms with Crippen LogP contribution in [0.2, 0.25) is 5.02 Å². The molecule has 0 radical (unpaired) electrons. The fourth-order valence-electron chi connectivity index (χ4n) is 3.30. The second kappa shape index (κ2) is 10.4. The highest BCUT2D eigenvalue weighted by molar-refractivity contribution is 6.30. The Morgan fingerprint density at radius 1 is 1.15 bits per heavy atom. The minimum Gasteiger partial charge on any atom is -0.449 e. The van der Waals surface area contributed by atoms with Crippen LogP contribution in [0.15, 0.2) is 48.2 Å². The Morgan fingerprint density at radius 2 is 1.82 bits per heavy atom. The second-order valence-electron chi connectivity index (χ2n) is 8.69. The number of carbonyl (C=O) groups is 2. The Morgan fingerprint density at radius 3 is 2.42 bits per heavy atom. The first-order valence-corrected chi connectivity index (χ1v) is 10.9. The van der Waals surface area contributed by atoms with E-state index in [0.29, 0.717) is 16.5 Å². The molecular formula is C25H29ClN2O5. The zero-order valence-corrected chi connectivity index (χ0v) is 20.2. The summed E-state index contributed by atoms with van der Waals surface area (Å²) in [4.78, 5) is 27.5. The summed E-state index contributed by atoms with van der Waals surface area (Å²) in [6.45, 7) is 6.23. The number of amides is 2. The Balaban J connectivity index is 1.94. The molecule has 0 spiro atoms. The minimum atomic E-state index is -0.575. The van der Waals surface area contributed by atoms with Crippen molar-refractivity contribution < 1.29 is 23.8 Å². The first-order valence-electron chi connectivity index (χ1n) is 10.6. The van der Waals surface area contributed by atoms with Crippen molar-refractivity contribution in [3.05, 3.63) is 64.4 Å². The molecule has 1 N–H and O–H groups in total. The summed E-state index contributed by atoms with van der Waals surface area (Å²) in [6.07, 6.45) is 1.06. The van der Waals surface area contributed by atoms with Crippen molar-refractivity contribution in [2.24, 2.45) is 0 Å². The summed E-state index contributed by atoms with van der Waals surface area (Å²) in [5, 5.41) is 3.34. The van der Waals surface area contributed by atoms with E-state index in [0.717, 1.165) is 11.1 Å². The van der Waals surface area contributed by atoms with Gasteiger partial charge in [0.25, 0.3) is 5.91 Å². The third-order valence-electron chi connectivity index (χ3n) is 5.25. The van der Waals surface area contributed by atoms with Gasteiger partial charge < -0.3 is 19.5 Å². The van der Waals surface area contributed by atoms with E-state index in [1.165, 1.54) is 19.1 Å². The predicted molar refractivity (Wildman–Crippen MR) is 128 cm³/mol. The number of anilines is 1. The van der Waals surface area contributed by atoms with Crippen LogP contribution in [-0.4, -0.2) is 45.4 Å². The van der Waals surface area contributed by atoms with Crippen LogP contribution in [0.4, 0.5) is 5.69 Å². The van der Waals surface area contributed by atoms with Gasteiger partial charge in [-0.2, -0.15) is 0 Å². The van der Waals surface area contributed by atoms with Gasteiger partial charge in [-0.15, -0.1) is 0 Å². The lowest BCUT2D eigenvalue weighted by Crippen LogP contribution is -2.46. The smallest absolute Gasteiger partial charge is 0.294 e. The predicted octanol–water partition coefficient (Wildman–Crippen LogP) is 4.14. The Bertz CT molecular complexity index is 1040. The summed E-state index contributed by atoms with van der Waals surface area (Å²) in [6, 6.07) is 12.7. The van der Waals surface area contributed by atoms with Crippen molar-refractivity contribution in [1.29, 1.82) is 0 Å². The van der Waals surface area contributed by atoms with Gasteiger partial charge in [-0.25, -0.2) is 0 Å². The molecular weight excluding hydrogens is 444 g/mol. The number of rotatable bonds is 7. The molecule has 1 heterocycles. The maximum absolute atomic E-state index is 13.4. The van der Waals surface area contributed by atoms with E-state index in [1.807, 2.05) is 18.2 Å². The van der Waals surface area contributed by atoms with Crippen molar-refractivity contribution in [1.82, 2.24) is 5.32 Å². The third-order valence-corrected chi connectivity index (χ3v) is 5.50. The summed E-state index contributed by atoms with van der Waals surface area (Å²) >= 11 is 5.97. The van der Waals surface area contributed by atoms with Gasteiger partial charge in [0, 0.05) is 19.2 Å². The van der Waals surface area contributed by atoms with Crippen LogP contribution in [-0.2, 0) is 24.5 Å². The van der Waals surface area contributed by atoms with Gasteiger partial charge in [-0.05, 0) is 46.9 Å². The second-order valence-corrected chi connectivity index (χ2v) is 9.13. The quantitative estimate of drug-likeness (QED) is 0.484. The Labute approximate surface area is 199 Å². The fraction of sp³-hybridized carbons (Fsp3) is 0.360. The number of fused-ring (bicyclic) bond motifs is 1. The largest absolute Gasteiger partial charge is 0.449 e. The molecule has 7 nitrogen and oxygen atoms in total. The lowest BCUT2D eigenvalue weighted by Gasteiger charge is -2.32. The summed E-state index contributed by atoms with van der Waals surface area (Å²) in [5.41, 5.74) is 2.18. The molecule has 176 valence electrons. The number of hydrogen-bond acceptors (Lipinski definition) is 5. The summed E-state index contributed by atoms with van der Waals surface area (Å²) in [5.74, 6) is -0.133. The average Bonchev–Trinajstić information content (AvgIpc) is 2.77. The average molecular weight is 473 g/mol. The van der Waals surface area contributed by atoms with Crippen molar-refractivity contribution in [2.75, 3.05) is 32.2 Å². The van der Waals surface area contributed by atoms with E-state index in [1.54, 1.807) is 30.3 Å². The standard InChI is InChI=1S/C25H29ClN2O5/c1-25(2,3)17-8-11-20-19(13-17)28(15-22(29)27-14-23(31-4)32-5)24(30)21(33-20)12-16-6-9-18(26)10-7-16/h6-13,23H,14-15H2,1-5H3,(H,27,29)/b21-12+. The molecule has 0 aromatic heterocycles. The highest BCUT2D eigenvalue weighted by Gasteiger charge is 2.33. The molecule has 33 heavy (non-hydrogen) atoms. The number of halogens is 1. The van der Waals surface area contributed by atoms with E-state index in [2.05, 4.69) is 26.1 Å². The molecule has 2 amide bonds. The molecule has 2 aromatic rings. The topological polar surface area (TPSA) is 77.1 Å². The number of nitrogens with one attached hydrogen (secondary N) is 1. The molecule has 0 bridgehead atoms. The van der Waals surface area contributed by atoms with Crippen LogP contribution >= 0.6 is 11.6 Å². The molecule has 0 saturated carbocycles. The number of benzene rings is 2. The van der Waals surface area contributed by atoms with Crippen molar-refractivity contribution in [3.8, 4) is 5.75 Å². The molecule has 0 aliphatic carbocycles. The first-order chi connectivity index (χ1) is 15.6. The number of ether oxygens (including phenoxy) is 3. The highest BCUT2D eigenvalue weighted by atomic mass is 35.5. The van der Waals surface area contributed by atoms with Crippen LogP contribution in [0.1, 0.15) is 31.9 Å². The van der Waals surface area contributed by atoms with Gasteiger partial charge in [-0.3, -0.25) is 14.5 Å². The molecule has 1 aliphatic heterocycles. The molecule has 0 saturated heterocycles. The zero-order chi connectivity index (χ0) is 24.2. The van der Waals surface area contributed by atoms with Gasteiger partial charge in [-0.1, -0.05) is 50.6 Å². The van der Waals surface area contributed by atoms with Crippen LogP contribution < -0.4 is 15.0 Å². The van der Waals surface area contributed by atoms with Crippen LogP contribution in [0.5, 0.6) is 5.75 Å². The van der Waals surface area contributed by atoms with Crippen LogP contribution in [0.3, 0.4) is 0 Å². The van der Waals surface area contributed by atoms with E-state index < -0.39 is 12.2 Å². The molecule has 0 fully saturated rings. The monoisotopic (exact) mass is 472 g/mol. The SMILES string of the molecule is COC(CNC(=O)CN1C(=O)/C(=C\c2ccc(Cl)cc2)Oc2ccc(C(C)(C)C)cc21)OC. The third kappa shape index (κ3) is 6.13. The van der Waals surface area contributed by atoms with E-state index in [9.17, 15) is 9.59 Å². The van der Waals surface area contributed by atoms with E-state index in [4.69, 9.17) is 25.8 Å². The molecule has 0 unspecified atom stereocenters. The van der Waals surface area contributed by atoms with E-state index in [-0.39, 0.29) is 30.2 Å². The lowest BCUT2D eigenvalue weighted by atomic mass is 9.86. The van der Waals surface area contributed by atoms with Crippen molar-refractivity contribution >= 4 is 35.2 Å². The van der Waals surface area contributed by atoms with Crippen molar-refractivity contribution in [3.63, 3.8) is 0 Å². The van der Waals surface area contributed by atoms with Crippen LogP contribution in [0, 0.1) is 0 Å². The summed E-state index contributed by atoms with van der Waals surface area (Å²) < 4.78 is 16.2. The highest BCUT2D eigenvalue weighted by Crippen LogP contribution is 2.39. The first kappa shape index (κ1) is 24.8. The zero-order valence-electron chi connectivity index (χ0n) is 19.5. The fourth-order valence-corrected chi connectivity index (χ4v) is 3.43. The minimum absolute atomic E-state index is 0.118. The van der Waals surface area contributed by atoms with Gasteiger partial charge in [0.2, 0.25) is 5.91 Å². The van der Waals surface area contributed by atoms with Gasteiger partial charge >= 0.3 is 0 Å². The molecule has 8 heteroatoms. The number of methoxy groups -OCH3 is 2. The molecule has 2 aromatic carbocycles. The van der Waals surface area contributed by atoms with Gasteiger partial charge in [0.1, 0.15) is 6.54 Å². The maximum atomic E-state index is 13.4. The number of nitrogens with zero attached hydrogens (tertiary/aromatic N) is 1. The van der Waals surface area contributed by atoms with Gasteiger partial charge in [0.05, 0.1) is 12.2 Å². The van der Waals surface area contributed by atoms with Crippen LogP contribution in [0.25, 0.3) is 6.08 Å². The molecule has 0 atom stereocenters. The van der Waals surface area contributed by atoms with E-state index >= 15 is 0 Å². The Kier molecular flexibility index (Phi) is 7.79. The number of hydrogen-bond donors (Lipinski definition) is 1. The van der Waals surface area contributed by atoms with Crippen molar-refractivity contribution in [2.45, 2.75) is 32.5 Å². The lowest BCUT2D eigenvalue weighted by molar-refractivity contribution is -0.127. The summed E-state index contributed by atoms with van der Waals surface area (Å²) in [7, 11) is 2.98. The molecule has 1 aliphatic rings. The maximum Gasteiger partial charge on any atom is 0.294 e. The normalized spacial score (nSPS) is 14.9. The molecule has 3 rings (SSSR count). The Hall–Kier alpha value is -2.87. The van der Waals surface area contributed by atoms with Gasteiger partial charge in [0.15, 0.2) is 17.8 Å².